The summed E-state index contributed by atoms with van der Waals surface area (Å²) in [5.74, 6) is -0.179. The molecule has 1 fully saturated rings. The van der Waals surface area contributed by atoms with Gasteiger partial charge in [0.2, 0.25) is 0 Å². The third-order valence-electron chi connectivity index (χ3n) is 4.29. The fraction of sp³-hybridized carbons (Fsp3) is 0.562. The van der Waals surface area contributed by atoms with Crippen LogP contribution in [0.2, 0.25) is 0 Å². The lowest BCUT2D eigenvalue weighted by Crippen LogP contribution is -2.48. The molecule has 1 aliphatic heterocycles. The average Bonchev–Trinajstić information content (AvgIpc) is 2.86. The zero-order chi connectivity index (χ0) is 15.4. The number of hydrogen-bond donors (Lipinski definition) is 3. The molecule has 0 spiro atoms. The SMILES string of the molecule is CC(=O)C1CC(CO)C(C(O)CO)N1Cc1ccccc1. The molecule has 4 unspecified atom stereocenters. The van der Waals surface area contributed by atoms with Crippen LogP contribution in [0.3, 0.4) is 0 Å². The van der Waals surface area contributed by atoms with Crippen molar-refractivity contribution >= 4 is 5.78 Å². The van der Waals surface area contributed by atoms with Crippen LogP contribution in [0.4, 0.5) is 0 Å². The second kappa shape index (κ2) is 7.13. The number of likely N-dealkylation sites (tertiary alicyclic amines) is 1. The molecule has 116 valence electrons. The highest BCUT2D eigenvalue weighted by Crippen LogP contribution is 2.33. The van der Waals surface area contributed by atoms with Crippen molar-refractivity contribution in [3.05, 3.63) is 35.9 Å². The molecule has 0 aromatic heterocycles. The molecule has 21 heavy (non-hydrogen) atoms. The largest absolute Gasteiger partial charge is 0.396 e. The van der Waals surface area contributed by atoms with Gasteiger partial charge in [-0.25, -0.2) is 0 Å². The Balaban J connectivity index is 2.27. The van der Waals surface area contributed by atoms with E-state index in [1.165, 1.54) is 6.92 Å². The van der Waals surface area contributed by atoms with Gasteiger partial charge in [-0.2, -0.15) is 0 Å². The maximum Gasteiger partial charge on any atom is 0.146 e. The van der Waals surface area contributed by atoms with Crippen LogP contribution in [0.5, 0.6) is 0 Å². The summed E-state index contributed by atoms with van der Waals surface area (Å²) in [5, 5.41) is 28.9. The number of carbonyl (C=O) groups is 1. The van der Waals surface area contributed by atoms with Crippen LogP contribution in [0.1, 0.15) is 18.9 Å². The van der Waals surface area contributed by atoms with Crippen LogP contribution < -0.4 is 0 Å². The van der Waals surface area contributed by atoms with E-state index in [9.17, 15) is 20.1 Å². The molecule has 0 aliphatic carbocycles. The van der Waals surface area contributed by atoms with E-state index in [1.807, 2.05) is 35.2 Å². The van der Waals surface area contributed by atoms with Gasteiger partial charge in [0, 0.05) is 25.1 Å². The maximum absolute atomic E-state index is 11.9. The molecular formula is C16H23NO4. The molecular weight excluding hydrogens is 270 g/mol. The summed E-state index contributed by atoms with van der Waals surface area (Å²) in [6, 6.07) is 8.97. The Hall–Kier alpha value is -1.27. The first-order chi connectivity index (χ1) is 10.1. The van der Waals surface area contributed by atoms with E-state index in [-0.39, 0.29) is 31.0 Å². The van der Waals surface area contributed by atoms with Crippen molar-refractivity contribution in [2.24, 2.45) is 5.92 Å². The zero-order valence-electron chi connectivity index (χ0n) is 12.2. The molecule has 5 heteroatoms. The summed E-state index contributed by atoms with van der Waals surface area (Å²) in [7, 11) is 0. The Morgan fingerprint density at radius 1 is 1.33 bits per heavy atom. The molecule has 3 N–H and O–H groups in total. The Kier molecular flexibility index (Phi) is 5.47. The van der Waals surface area contributed by atoms with E-state index < -0.39 is 12.1 Å². The predicted octanol–water partition coefficient (Wildman–Crippen LogP) is 0.180. The lowest BCUT2D eigenvalue weighted by Gasteiger charge is -2.33. The molecule has 0 saturated carbocycles. The van der Waals surface area contributed by atoms with E-state index in [0.717, 1.165) is 5.56 Å². The predicted molar refractivity (Wildman–Crippen MR) is 78.5 cm³/mol. The minimum atomic E-state index is -0.963. The highest BCUT2D eigenvalue weighted by molar-refractivity contribution is 5.81. The number of hydrogen-bond acceptors (Lipinski definition) is 5. The molecule has 1 aromatic carbocycles. The molecule has 0 bridgehead atoms. The number of aliphatic hydroxyl groups is 3. The average molecular weight is 293 g/mol. The van der Waals surface area contributed by atoms with Gasteiger partial charge >= 0.3 is 0 Å². The molecule has 1 heterocycles. The van der Waals surface area contributed by atoms with Crippen molar-refractivity contribution in [1.29, 1.82) is 0 Å². The van der Waals surface area contributed by atoms with Crippen molar-refractivity contribution < 1.29 is 20.1 Å². The van der Waals surface area contributed by atoms with Crippen molar-refractivity contribution in [3.63, 3.8) is 0 Å². The van der Waals surface area contributed by atoms with Crippen molar-refractivity contribution in [2.75, 3.05) is 13.2 Å². The van der Waals surface area contributed by atoms with Gasteiger partial charge in [-0.3, -0.25) is 9.69 Å². The van der Waals surface area contributed by atoms with Gasteiger partial charge in [0.15, 0.2) is 0 Å². The maximum atomic E-state index is 11.9. The third-order valence-corrected chi connectivity index (χ3v) is 4.29. The number of rotatable bonds is 6. The van der Waals surface area contributed by atoms with Gasteiger partial charge in [-0.15, -0.1) is 0 Å². The van der Waals surface area contributed by atoms with E-state index in [4.69, 9.17) is 0 Å². The summed E-state index contributed by atoms with van der Waals surface area (Å²) < 4.78 is 0. The van der Waals surface area contributed by atoms with Crippen molar-refractivity contribution in [3.8, 4) is 0 Å². The molecule has 0 radical (unpaired) electrons. The van der Waals surface area contributed by atoms with Gasteiger partial charge in [0.25, 0.3) is 0 Å². The second-order valence-corrected chi connectivity index (χ2v) is 5.70. The minimum Gasteiger partial charge on any atom is -0.396 e. The summed E-state index contributed by atoms with van der Waals surface area (Å²) >= 11 is 0. The van der Waals surface area contributed by atoms with Gasteiger partial charge in [-0.05, 0) is 18.9 Å². The monoisotopic (exact) mass is 293 g/mol. The first-order valence-corrected chi connectivity index (χ1v) is 7.28. The molecule has 1 saturated heterocycles. The lowest BCUT2D eigenvalue weighted by atomic mass is 9.95. The van der Waals surface area contributed by atoms with Crippen LogP contribution in [-0.4, -0.2) is 57.4 Å². The highest BCUT2D eigenvalue weighted by Gasteiger charge is 2.45. The van der Waals surface area contributed by atoms with Crippen LogP contribution in [0.15, 0.2) is 30.3 Å². The van der Waals surface area contributed by atoms with Crippen molar-refractivity contribution in [1.82, 2.24) is 4.90 Å². The molecule has 5 nitrogen and oxygen atoms in total. The number of Topliss-reactive ketones (excluding diaryl/α,β-unsaturated/α-hetero) is 1. The number of ketones is 1. The fourth-order valence-corrected chi connectivity index (χ4v) is 3.28. The summed E-state index contributed by atoms with van der Waals surface area (Å²) in [5.41, 5.74) is 1.04. The van der Waals surface area contributed by atoms with Crippen molar-refractivity contribution in [2.45, 2.75) is 38.1 Å². The standard InChI is InChI=1S/C16H23NO4/c1-11(20)14-7-13(9-18)16(15(21)10-19)17(14)8-12-5-3-2-4-6-12/h2-6,13-16,18-19,21H,7-10H2,1H3. The van der Waals surface area contributed by atoms with Crippen LogP contribution in [0, 0.1) is 5.92 Å². The Morgan fingerprint density at radius 3 is 2.52 bits per heavy atom. The summed E-state index contributed by atoms with van der Waals surface area (Å²) in [6.45, 7) is 1.57. The molecule has 0 amide bonds. The normalized spacial score (nSPS) is 27.7. The molecule has 2 rings (SSSR count). The Bertz CT molecular complexity index is 465. The summed E-state index contributed by atoms with van der Waals surface area (Å²) in [6.07, 6.45) is -0.448. The number of nitrogens with zero attached hydrogens (tertiary/aromatic N) is 1. The van der Waals surface area contributed by atoms with Gasteiger partial charge < -0.3 is 15.3 Å². The topological polar surface area (TPSA) is 81.0 Å². The lowest BCUT2D eigenvalue weighted by molar-refractivity contribution is -0.122. The Labute approximate surface area is 124 Å². The zero-order valence-corrected chi connectivity index (χ0v) is 12.2. The Morgan fingerprint density at radius 2 is 2.00 bits per heavy atom. The van der Waals surface area contributed by atoms with Gasteiger partial charge in [-0.1, -0.05) is 30.3 Å². The highest BCUT2D eigenvalue weighted by atomic mass is 16.3. The molecule has 1 aliphatic rings. The molecule has 4 atom stereocenters. The van der Waals surface area contributed by atoms with E-state index in [0.29, 0.717) is 13.0 Å². The number of carbonyl (C=O) groups excluding carboxylic acids is 1. The molecule has 1 aromatic rings. The van der Waals surface area contributed by atoms with Crippen LogP contribution in [-0.2, 0) is 11.3 Å². The summed E-state index contributed by atoms with van der Waals surface area (Å²) in [4.78, 5) is 13.8. The fourth-order valence-electron chi connectivity index (χ4n) is 3.28. The van der Waals surface area contributed by atoms with E-state index >= 15 is 0 Å². The third kappa shape index (κ3) is 3.49. The smallest absolute Gasteiger partial charge is 0.146 e. The van der Waals surface area contributed by atoms with Crippen LogP contribution in [0.25, 0.3) is 0 Å². The van der Waals surface area contributed by atoms with E-state index in [2.05, 4.69) is 0 Å². The number of benzene rings is 1. The first kappa shape index (κ1) is 16.1. The minimum absolute atomic E-state index is 0.0250. The van der Waals surface area contributed by atoms with Gasteiger partial charge in [0.1, 0.15) is 5.78 Å². The van der Waals surface area contributed by atoms with E-state index in [1.54, 1.807) is 0 Å². The second-order valence-electron chi connectivity index (χ2n) is 5.70. The number of aliphatic hydroxyl groups excluding tert-OH is 3. The first-order valence-electron chi connectivity index (χ1n) is 7.28. The quantitative estimate of drug-likeness (QED) is 0.697. The van der Waals surface area contributed by atoms with Crippen LogP contribution >= 0.6 is 0 Å². The van der Waals surface area contributed by atoms with Gasteiger partial charge in [0.05, 0.1) is 18.8 Å².